The average Bonchev–Trinajstić information content (AvgIpc) is 2.95. The van der Waals surface area contributed by atoms with Crippen molar-refractivity contribution in [2.24, 2.45) is 0 Å². The monoisotopic (exact) mass is 301 g/mol. The third-order valence-electron chi connectivity index (χ3n) is 3.64. The highest BCUT2D eigenvalue weighted by Crippen LogP contribution is 2.37. The molecule has 1 atom stereocenters. The van der Waals surface area contributed by atoms with Crippen LogP contribution in [-0.4, -0.2) is 26.0 Å². The first-order valence-electron chi connectivity index (χ1n) is 7.00. The second kappa shape index (κ2) is 6.31. The quantitative estimate of drug-likeness (QED) is 0.909. The number of anilines is 1. The van der Waals surface area contributed by atoms with Crippen LogP contribution in [-0.2, 0) is 6.42 Å². The Labute approximate surface area is 129 Å². The van der Waals surface area contributed by atoms with Crippen molar-refractivity contribution in [1.29, 1.82) is 0 Å². The number of thioether (sulfide) groups is 1. The molecule has 110 valence electrons. The maximum absolute atomic E-state index is 5.40. The highest BCUT2D eigenvalue weighted by atomic mass is 32.2. The lowest BCUT2D eigenvalue weighted by Gasteiger charge is -2.15. The molecule has 1 aliphatic heterocycles. The van der Waals surface area contributed by atoms with Crippen molar-refractivity contribution in [3.8, 4) is 11.5 Å². The van der Waals surface area contributed by atoms with Crippen LogP contribution in [0.4, 0.5) is 5.69 Å². The van der Waals surface area contributed by atoms with Crippen LogP contribution in [0, 0.1) is 0 Å². The van der Waals surface area contributed by atoms with E-state index in [4.69, 9.17) is 9.47 Å². The Hall–Kier alpha value is -1.81. The van der Waals surface area contributed by atoms with Crippen molar-refractivity contribution in [3.05, 3.63) is 48.0 Å². The van der Waals surface area contributed by atoms with Gasteiger partial charge in [0.05, 0.1) is 19.9 Å². The van der Waals surface area contributed by atoms with Gasteiger partial charge in [-0.3, -0.25) is 0 Å². The molecule has 0 aromatic heterocycles. The summed E-state index contributed by atoms with van der Waals surface area (Å²) in [6.07, 6.45) is 1.11. The maximum atomic E-state index is 5.40. The van der Waals surface area contributed by atoms with E-state index >= 15 is 0 Å². The van der Waals surface area contributed by atoms with Crippen molar-refractivity contribution in [2.75, 3.05) is 26.1 Å². The summed E-state index contributed by atoms with van der Waals surface area (Å²) in [5.41, 5.74) is 2.43. The van der Waals surface area contributed by atoms with Gasteiger partial charge in [0.2, 0.25) is 0 Å². The average molecular weight is 301 g/mol. The second-order valence-electron chi connectivity index (χ2n) is 5.00. The van der Waals surface area contributed by atoms with Crippen LogP contribution in [0.15, 0.2) is 47.4 Å². The predicted octanol–water partition coefficient (Wildman–Crippen LogP) is 3.83. The first-order valence-corrected chi connectivity index (χ1v) is 7.88. The van der Waals surface area contributed by atoms with E-state index in [0.29, 0.717) is 5.25 Å². The van der Waals surface area contributed by atoms with Gasteiger partial charge in [-0.1, -0.05) is 18.2 Å². The number of fused-ring (bicyclic) bond motifs is 1. The van der Waals surface area contributed by atoms with Crippen LogP contribution in [0.2, 0.25) is 0 Å². The Kier molecular flexibility index (Phi) is 4.25. The molecule has 0 amide bonds. The number of nitrogens with one attached hydrogen (secondary N) is 1. The van der Waals surface area contributed by atoms with Crippen LogP contribution < -0.4 is 14.8 Å². The lowest BCUT2D eigenvalue weighted by atomic mass is 10.1. The van der Waals surface area contributed by atoms with E-state index in [1.807, 2.05) is 30.0 Å². The Bertz CT molecular complexity index is 605. The molecule has 3 rings (SSSR count). The first-order chi connectivity index (χ1) is 10.3. The van der Waals surface area contributed by atoms with Gasteiger partial charge in [0.15, 0.2) is 0 Å². The third-order valence-corrected chi connectivity index (χ3v) is 4.96. The molecule has 0 aliphatic carbocycles. The number of hydrogen-bond donors (Lipinski definition) is 1. The fourth-order valence-electron chi connectivity index (χ4n) is 2.54. The summed E-state index contributed by atoms with van der Waals surface area (Å²) in [5, 5.41) is 4.04. The summed E-state index contributed by atoms with van der Waals surface area (Å²) in [6, 6.07) is 14.4. The number of methoxy groups -OCH3 is 2. The summed E-state index contributed by atoms with van der Waals surface area (Å²) in [6.45, 7) is 0.906. The topological polar surface area (TPSA) is 30.5 Å². The van der Waals surface area contributed by atoms with Gasteiger partial charge in [-0.25, -0.2) is 0 Å². The van der Waals surface area contributed by atoms with Gasteiger partial charge in [-0.15, -0.1) is 11.8 Å². The minimum atomic E-state index is 0.554. The van der Waals surface area contributed by atoms with Gasteiger partial charge in [-0.2, -0.15) is 0 Å². The zero-order valence-electron chi connectivity index (χ0n) is 12.3. The maximum Gasteiger partial charge on any atom is 0.142 e. The molecule has 1 unspecified atom stereocenters. The van der Waals surface area contributed by atoms with Gasteiger partial charge in [0.1, 0.15) is 11.5 Å². The summed E-state index contributed by atoms with van der Waals surface area (Å²) < 4.78 is 10.7. The minimum absolute atomic E-state index is 0.554. The van der Waals surface area contributed by atoms with Crippen molar-refractivity contribution in [1.82, 2.24) is 0 Å². The van der Waals surface area contributed by atoms with Crippen LogP contribution in [0.3, 0.4) is 0 Å². The van der Waals surface area contributed by atoms with Crippen molar-refractivity contribution >= 4 is 17.4 Å². The van der Waals surface area contributed by atoms with Crippen LogP contribution >= 0.6 is 11.8 Å². The van der Waals surface area contributed by atoms with E-state index in [1.165, 1.54) is 10.5 Å². The van der Waals surface area contributed by atoms with Crippen LogP contribution in [0.25, 0.3) is 0 Å². The van der Waals surface area contributed by atoms with E-state index in [0.717, 1.165) is 30.2 Å². The molecule has 21 heavy (non-hydrogen) atoms. The van der Waals surface area contributed by atoms with E-state index < -0.39 is 0 Å². The lowest BCUT2D eigenvalue weighted by molar-refractivity contribution is 0.404. The van der Waals surface area contributed by atoms with Crippen LogP contribution in [0.5, 0.6) is 11.5 Å². The molecule has 0 fully saturated rings. The standard InChI is InChI=1S/C17H19NO2S/c1-19-13-7-8-16(20-2)15(10-13)18-11-14-9-12-5-3-4-6-17(12)21-14/h3-8,10,14,18H,9,11H2,1-2H3. The Morgan fingerprint density at radius 1 is 1.14 bits per heavy atom. The molecule has 1 heterocycles. The van der Waals surface area contributed by atoms with E-state index in [2.05, 4.69) is 29.6 Å². The molecule has 2 aromatic carbocycles. The SMILES string of the molecule is COc1ccc(OC)c(NCC2Cc3ccccc3S2)c1. The zero-order chi connectivity index (χ0) is 14.7. The molecule has 2 aromatic rings. The van der Waals surface area contributed by atoms with Crippen molar-refractivity contribution in [3.63, 3.8) is 0 Å². The number of ether oxygens (including phenoxy) is 2. The summed E-state index contributed by atoms with van der Waals surface area (Å²) >= 11 is 1.94. The van der Waals surface area contributed by atoms with Crippen molar-refractivity contribution in [2.45, 2.75) is 16.6 Å². The number of hydrogen-bond acceptors (Lipinski definition) is 4. The second-order valence-corrected chi connectivity index (χ2v) is 6.34. The zero-order valence-corrected chi connectivity index (χ0v) is 13.1. The summed E-state index contributed by atoms with van der Waals surface area (Å²) in [7, 11) is 3.36. The fraction of sp³-hybridized carbons (Fsp3) is 0.294. The Morgan fingerprint density at radius 2 is 2.00 bits per heavy atom. The fourth-order valence-corrected chi connectivity index (χ4v) is 3.79. The molecule has 3 nitrogen and oxygen atoms in total. The van der Waals surface area contributed by atoms with E-state index in [-0.39, 0.29) is 0 Å². The largest absolute Gasteiger partial charge is 0.497 e. The third kappa shape index (κ3) is 3.10. The molecule has 0 saturated carbocycles. The number of rotatable bonds is 5. The molecular weight excluding hydrogens is 282 g/mol. The van der Waals surface area contributed by atoms with Gasteiger partial charge in [0, 0.05) is 22.8 Å². The molecule has 1 N–H and O–H groups in total. The molecule has 1 aliphatic rings. The van der Waals surface area contributed by atoms with E-state index in [1.54, 1.807) is 14.2 Å². The Morgan fingerprint density at radius 3 is 2.76 bits per heavy atom. The van der Waals surface area contributed by atoms with Gasteiger partial charge < -0.3 is 14.8 Å². The van der Waals surface area contributed by atoms with Gasteiger partial charge in [0.25, 0.3) is 0 Å². The molecular formula is C17H19NO2S. The normalized spacial score (nSPS) is 16.4. The highest BCUT2D eigenvalue weighted by molar-refractivity contribution is 8.00. The summed E-state index contributed by atoms with van der Waals surface area (Å²) in [4.78, 5) is 1.40. The van der Waals surface area contributed by atoms with E-state index in [9.17, 15) is 0 Å². The first kappa shape index (κ1) is 14.1. The van der Waals surface area contributed by atoms with Crippen molar-refractivity contribution < 1.29 is 9.47 Å². The van der Waals surface area contributed by atoms with Gasteiger partial charge >= 0.3 is 0 Å². The number of benzene rings is 2. The van der Waals surface area contributed by atoms with Gasteiger partial charge in [-0.05, 0) is 30.2 Å². The molecule has 0 radical (unpaired) electrons. The molecule has 0 spiro atoms. The Balaban J connectivity index is 1.66. The molecule has 4 heteroatoms. The predicted molar refractivity (Wildman–Crippen MR) is 87.8 cm³/mol. The van der Waals surface area contributed by atoms with Crippen LogP contribution in [0.1, 0.15) is 5.56 Å². The summed E-state index contributed by atoms with van der Waals surface area (Å²) in [5.74, 6) is 1.68. The lowest BCUT2D eigenvalue weighted by Crippen LogP contribution is -2.16. The highest BCUT2D eigenvalue weighted by Gasteiger charge is 2.21. The minimum Gasteiger partial charge on any atom is -0.497 e. The molecule has 0 saturated heterocycles. The molecule has 0 bridgehead atoms. The smallest absolute Gasteiger partial charge is 0.142 e.